The Morgan fingerprint density at radius 3 is 2.25 bits per heavy atom. The summed E-state index contributed by atoms with van der Waals surface area (Å²) in [6, 6.07) is 13.7. The number of anilines is 2. The summed E-state index contributed by atoms with van der Waals surface area (Å²) in [6.45, 7) is 1.99. The maximum Gasteiger partial charge on any atom is 0.255 e. The molecule has 1 aliphatic rings. The first-order valence-corrected chi connectivity index (χ1v) is 9.80. The Bertz CT molecular complexity index is 839. The molecule has 1 aliphatic heterocycles. The van der Waals surface area contributed by atoms with E-state index in [1.54, 1.807) is 0 Å². The van der Waals surface area contributed by atoms with Crippen LogP contribution in [-0.2, 0) is 9.84 Å². The zero-order valence-electron chi connectivity index (χ0n) is 13.5. The number of carbonyl (C=O) groups excluding carboxylic acids is 1. The van der Waals surface area contributed by atoms with Gasteiger partial charge in [0.2, 0.25) is 0 Å². The van der Waals surface area contributed by atoms with Crippen molar-refractivity contribution in [2.75, 3.05) is 29.6 Å². The molecule has 0 saturated carbocycles. The molecular weight excluding hydrogens is 324 g/mol. The van der Waals surface area contributed by atoms with Crippen molar-refractivity contribution in [3.05, 3.63) is 54.1 Å². The summed E-state index contributed by atoms with van der Waals surface area (Å²) in [5.74, 6) is -0.248. The molecule has 1 N–H and O–H groups in total. The first-order valence-electron chi connectivity index (χ1n) is 7.90. The zero-order valence-corrected chi connectivity index (χ0v) is 14.3. The summed E-state index contributed by atoms with van der Waals surface area (Å²) >= 11 is 0. The van der Waals surface area contributed by atoms with Gasteiger partial charge in [-0.15, -0.1) is 0 Å². The van der Waals surface area contributed by atoms with Crippen LogP contribution < -0.4 is 10.2 Å². The topological polar surface area (TPSA) is 66.5 Å². The van der Waals surface area contributed by atoms with Gasteiger partial charge in [-0.2, -0.15) is 0 Å². The Labute approximate surface area is 142 Å². The van der Waals surface area contributed by atoms with Gasteiger partial charge in [0.05, 0.1) is 16.3 Å². The standard InChI is InChI=1S/C18H20N2O3S/c1-24(22,23)15-10-8-14(9-11-15)18(21)19-16-6-2-3-7-17(16)20-12-4-5-13-20/h2-3,6-11H,4-5,12-13H2,1H3,(H,19,21). The summed E-state index contributed by atoms with van der Waals surface area (Å²) in [6.07, 6.45) is 3.47. The highest BCUT2D eigenvalue weighted by Gasteiger charge is 2.17. The number of nitrogens with zero attached hydrogens (tertiary/aromatic N) is 1. The SMILES string of the molecule is CS(=O)(=O)c1ccc(C(=O)Nc2ccccc2N2CCCC2)cc1. The van der Waals surface area contributed by atoms with E-state index in [9.17, 15) is 13.2 Å². The molecule has 126 valence electrons. The molecular formula is C18H20N2O3S. The van der Waals surface area contributed by atoms with Gasteiger partial charge in [-0.25, -0.2) is 8.42 Å². The third kappa shape index (κ3) is 3.59. The number of amides is 1. The van der Waals surface area contributed by atoms with Crippen molar-refractivity contribution in [1.82, 2.24) is 0 Å². The Balaban J connectivity index is 1.80. The van der Waals surface area contributed by atoms with Crippen molar-refractivity contribution in [2.45, 2.75) is 17.7 Å². The molecule has 0 bridgehead atoms. The van der Waals surface area contributed by atoms with Crippen molar-refractivity contribution in [3.63, 3.8) is 0 Å². The van der Waals surface area contributed by atoms with Gasteiger partial charge < -0.3 is 10.2 Å². The lowest BCUT2D eigenvalue weighted by Crippen LogP contribution is -2.21. The van der Waals surface area contributed by atoms with Gasteiger partial charge in [0.25, 0.3) is 5.91 Å². The van der Waals surface area contributed by atoms with Gasteiger partial charge in [-0.1, -0.05) is 12.1 Å². The Kier molecular flexibility index (Phi) is 4.57. The third-order valence-corrected chi connectivity index (χ3v) is 5.27. The van der Waals surface area contributed by atoms with Crippen LogP contribution in [0.25, 0.3) is 0 Å². The molecule has 0 aliphatic carbocycles. The maximum absolute atomic E-state index is 12.5. The smallest absolute Gasteiger partial charge is 0.255 e. The molecule has 1 fully saturated rings. The fraction of sp³-hybridized carbons (Fsp3) is 0.278. The van der Waals surface area contributed by atoms with Crippen LogP contribution in [0.3, 0.4) is 0 Å². The van der Waals surface area contributed by atoms with Crippen molar-refractivity contribution < 1.29 is 13.2 Å². The molecule has 1 amide bonds. The van der Waals surface area contributed by atoms with Crippen molar-refractivity contribution in [1.29, 1.82) is 0 Å². The zero-order chi connectivity index (χ0) is 17.2. The molecule has 6 heteroatoms. The van der Waals surface area contributed by atoms with E-state index in [4.69, 9.17) is 0 Å². The number of hydrogen-bond donors (Lipinski definition) is 1. The highest BCUT2D eigenvalue weighted by atomic mass is 32.2. The van der Waals surface area contributed by atoms with E-state index in [1.807, 2.05) is 24.3 Å². The number of hydrogen-bond acceptors (Lipinski definition) is 4. The first kappa shape index (κ1) is 16.5. The van der Waals surface area contributed by atoms with E-state index in [0.717, 1.165) is 43.6 Å². The minimum Gasteiger partial charge on any atom is -0.370 e. The molecule has 0 aromatic heterocycles. The molecule has 0 spiro atoms. The van der Waals surface area contributed by atoms with Crippen LogP contribution >= 0.6 is 0 Å². The summed E-state index contributed by atoms with van der Waals surface area (Å²) in [7, 11) is -3.26. The van der Waals surface area contributed by atoms with E-state index in [-0.39, 0.29) is 10.8 Å². The molecule has 1 saturated heterocycles. The molecule has 3 rings (SSSR count). The summed E-state index contributed by atoms with van der Waals surface area (Å²) < 4.78 is 23.0. The molecule has 1 heterocycles. The number of benzene rings is 2. The lowest BCUT2D eigenvalue weighted by atomic mass is 10.2. The molecule has 2 aromatic rings. The highest BCUT2D eigenvalue weighted by molar-refractivity contribution is 7.90. The minimum absolute atomic E-state index is 0.205. The van der Waals surface area contributed by atoms with Gasteiger partial charge in [0, 0.05) is 24.9 Å². The van der Waals surface area contributed by atoms with Crippen LogP contribution in [0.5, 0.6) is 0 Å². The second kappa shape index (κ2) is 6.65. The molecule has 2 aromatic carbocycles. The lowest BCUT2D eigenvalue weighted by molar-refractivity contribution is 0.102. The Morgan fingerprint density at radius 2 is 1.62 bits per heavy atom. The molecule has 0 radical (unpaired) electrons. The van der Waals surface area contributed by atoms with E-state index in [2.05, 4.69) is 10.2 Å². The lowest BCUT2D eigenvalue weighted by Gasteiger charge is -2.21. The maximum atomic E-state index is 12.5. The Hall–Kier alpha value is -2.34. The number of carbonyl (C=O) groups is 1. The van der Waals surface area contributed by atoms with Crippen LogP contribution in [0, 0.1) is 0 Å². The molecule has 5 nitrogen and oxygen atoms in total. The van der Waals surface area contributed by atoms with Crippen LogP contribution in [0.4, 0.5) is 11.4 Å². The van der Waals surface area contributed by atoms with Gasteiger partial charge in [-0.3, -0.25) is 4.79 Å². The first-order chi connectivity index (χ1) is 11.4. The summed E-state index contributed by atoms with van der Waals surface area (Å²) in [5.41, 5.74) is 2.23. The number of nitrogens with one attached hydrogen (secondary N) is 1. The normalized spacial score (nSPS) is 14.6. The minimum atomic E-state index is -3.26. The van der Waals surface area contributed by atoms with Gasteiger partial charge in [0.1, 0.15) is 0 Å². The predicted octanol–water partition coefficient (Wildman–Crippen LogP) is 2.94. The van der Waals surface area contributed by atoms with Gasteiger partial charge >= 0.3 is 0 Å². The number of para-hydroxylation sites is 2. The molecule has 0 atom stereocenters. The molecule has 24 heavy (non-hydrogen) atoms. The van der Waals surface area contributed by atoms with Gasteiger partial charge in [0.15, 0.2) is 9.84 Å². The van der Waals surface area contributed by atoms with E-state index in [1.165, 1.54) is 24.3 Å². The Morgan fingerprint density at radius 1 is 1.00 bits per heavy atom. The average Bonchev–Trinajstić information content (AvgIpc) is 3.09. The number of rotatable bonds is 4. The molecule has 0 unspecified atom stereocenters. The number of sulfone groups is 1. The summed E-state index contributed by atoms with van der Waals surface area (Å²) in [4.78, 5) is 14.9. The fourth-order valence-electron chi connectivity index (χ4n) is 2.86. The van der Waals surface area contributed by atoms with Crippen LogP contribution in [0.1, 0.15) is 23.2 Å². The summed E-state index contributed by atoms with van der Waals surface area (Å²) in [5, 5.41) is 2.93. The van der Waals surface area contributed by atoms with Crippen molar-refractivity contribution >= 4 is 27.1 Å². The van der Waals surface area contributed by atoms with Crippen LogP contribution in [0.15, 0.2) is 53.4 Å². The predicted molar refractivity (Wildman–Crippen MR) is 95.4 cm³/mol. The van der Waals surface area contributed by atoms with Crippen LogP contribution in [-0.4, -0.2) is 33.7 Å². The fourth-order valence-corrected chi connectivity index (χ4v) is 3.49. The van der Waals surface area contributed by atoms with E-state index >= 15 is 0 Å². The monoisotopic (exact) mass is 344 g/mol. The average molecular weight is 344 g/mol. The van der Waals surface area contributed by atoms with E-state index in [0.29, 0.717) is 5.56 Å². The van der Waals surface area contributed by atoms with Crippen molar-refractivity contribution in [2.24, 2.45) is 0 Å². The van der Waals surface area contributed by atoms with Gasteiger partial charge in [-0.05, 0) is 49.2 Å². The quantitative estimate of drug-likeness (QED) is 0.926. The second-order valence-electron chi connectivity index (χ2n) is 5.96. The second-order valence-corrected chi connectivity index (χ2v) is 7.98. The third-order valence-electron chi connectivity index (χ3n) is 4.14. The van der Waals surface area contributed by atoms with Crippen LogP contribution in [0.2, 0.25) is 0 Å². The largest absolute Gasteiger partial charge is 0.370 e. The van der Waals surface area contributed by atoms with Crippen molar-refractivity contribution in [3.8, 4) is 0 Å². The van der Waals surface area contributed by atoms with E-state index < -0.39 is 9.84 Å². The highest BCUT2D eigenvalue weighted by Crippen LogP contribution is 2.29.